The number of nitrogens with zero attached hydrogens (tertiary/aromatic N) is 1. The van der Waals surface area contributed by atoms with Crippen molar-refractivity contribution in [3.63, 3.8) is 0 Å². The third-order valence-electron chi connectivity index (χ3n) is 2.71. The van der Waals surface area contributed by atoms with E-state index in [0.29, 0.717) is 11.4 Å². The zero-order valence-electron chi connectivity index (χ0n) is 11.9. The maximum absolute atomic E-state index is 13.1. The highest BCUT2D eigenvalue weighted by molar-refractivity contribution is 5.95. The predicted octanol–water partition coefficient (Wildman–Crippen LogP) is 5.07. The van der Waals surface area contributed by atoms with Crippen molar-refractivity contribution < 1.29 is 8.78 Å². The van der Waals surface area contributed by atoms with Crippen molar-refractivity contribution in [3.05, 3.63) is 71.9 Å². The van der Waals surface area contributed by atoms with Gasteiger partial charge in [0.2, 0.25) is 0 Å². The Kier molecular flexibility index (Phi) is 4.82. The monoisotopic (exact) mass is 286 g/mol. The average Bonchev–Trinajstić information content (AvgIpc) is 2.38. The molecule has 0 radical (unpaired) electrons. The second-order valence-corrected chi connectivity index (χ2v) is 4.70. The molecule has 0 saturated carbocycles. The molecule has 0 aliphatic carbocycles. The number of anilines is 1. The third-order valence-corrected chi connectivity index (χ3v) is 2.71. The Bertz CT molecular complexity index is 691. The minimum absolute atomic E-state index is 0.294. The Balaban J connectivity index is 2.11. The van der Waals surface area contributed by atoms with Crippen LogP contribution in [-0.2, 0) is 0 Å². The zero-order chi connectivity index (χ0) is 15.2. The topological polar surface area (TPSA) is 24.4 Å². The van der Waals surface area contributed by atoms with Crippen LogP contribution in [0.1, 0.15) is 13.8 Å². The van der Waals surface area contributed by atoms with E-state index in [0.717, 1.165) is 11.4 Å². The molecule has 2 aromatic carbocycles. The largest absolute Gasteiger partial charge is 0.359 e. The second-order valence-electron chi connectivity index (χ2n) is 4.70. The molecule has 0 spiro atoms. The lowest BCUT2D eigenvalue weighted by Gasteiger charge is -2.06. The van der Waals surface area contributed by atoms with Gasteiger partial charge >= 0.3 is 0 Å². The Labute approximate surface area is 122 Å². The van der Waals surface area contributed by atoms with Gasteiger partial charge in [0.1, 0.15) is 11.6 Å². The van der Waals surface area contributed by atoms with Crippen LogP contribution in [0, 0.1) is 11.6 Å². The Morgan fingerprint density at radius 2 is 1.67 bits per heavy atom. The molecule has 0 heterocycles. The van der Waals surface area contributed by atoms with E-state index in [2.05, 4.69) is 10.3 Å². The van der Waals surface area contributed by atoms with Crippen molar-refractivity contribution in [1.82, 2.24) is 0 Å². The molecule has 0 saturated heterocycles. The first-order chi connectivity index (χ1) is 10.0. The summed E-state index contributed by atoms with van der Waals surface area (Å²) in [7, 11) is 0. The van der Waals surface area contributed by atoms with Crippen LogP contribution >= 0.6 is 0 Å². The van der Waals surface area contributed by atoms with Crippen molar-refractivity contribution in [1.29, 1.82) is 0 Å². The van der Waals surface area contributed by atoms with Crippen molar-refractivity contribution >= 4 is 17.1 Å². The van der Waals surface area contributed by atoms with Gasteiger partial charge in [-0.2, -0.15) is 0 Å². The van der Waals surface area contributed by atoms with Gasteiger partial charge in [0.15, 0.2) is 0 Å². The molecule has 0 aromatic heterocycles. The quantitative estimate of drug-likeness (QED) is 0.779. The van der Waals surface area contributed by atoms with Crippen LogP contribution in [0.4, 0.5) is 20.2 Å². The smallest absolute Gasteiger partial charge is 0.125 e. The summed E-state index contributed by atoms with van der Waals surface area (Å²) in [5.74, 6) is -0.611. The average molecular weight is 286 g/mol. The van der Waals surface area contributed by atoms with Gasteiger partial charge in [-0.3, -0.25) is 4.99 Å². The molecule has 0 unspecified atom stereocenters. The van der Waals surface area contributed by atoms with E-state index in [9.17, 15) is 8.78 Å². The van der Waals surface area contributed by atoms with Crippen molar-refractivity contribution in [2.24, 2.45) is 4.99 Å². The zero-order valence-corrected chi connectivity index (χ0v) is 11.9. The first kappa shape index (κ1) is 14.9. The summed E-state index contributed by atoms with van der Waals surface area (Å²) in [6.07, 6.45) is 1.82. The van der Waals surface area contributed by atoms with Gasteiger partial charge in [-0.05, 0) is 56.3 Å². The first-order valence-corrected chi connectivity index (χ1v) is 6.55. The molecule has 2 aromatic rings. The van der Waals surface area contributed by atoms with Gasteiger partial charge in [-0.15, -0.1) is 0 Å². The Morgan fingerprint density at radius 1 is 1.00 bits per heavy atom. The molecule has 0 fully saturated rings. The number of hydrogen-bond donors (Lipinski definition) is 1. The van der Waals surface area contributed by atoms with Gasteiger partial charge in [-0.25, -0.2) is 8.78 Å². The number of benzene rings is 2. The lowest BCUT2D eigenvalue weighted by molar-refractivity contribution is 0.628. The van der Waals surface area contributed by atoms with E-state index in [-0.39, 0.29) is 11.6 Å². The maximum Gasteiger partial charge on any atom is 0.125 e. The lowest BCUT2D eigenvalue weighted by atomic mass is 10.2. The van der Waals surface area contributed by atoms with Gasteiger partial charge in [0.05, 0.1) is 5.69 Å². The minimum Gasteiger partial charge on any atom is -0.359 e. The van der Waals surface area contributed by atoms with Crippen LogP contribution in [0.15, 0.2) is 65.3 Å². The fourth-order valence-electron chi connectivity index (χ4n) is 1.92. The van der Waals surface area contributed by atoms with Crippen molar-refractivity contribution in [3.8, 4) is 0 Å². The number of nitrogens with one attached hydrogen (secondary N) is 1. The molecule has 2 nitrogen and oxygen atoms in total. The van der Waals surface area contributed by atoms with Gasteiger partial charge in [-0.1, -0.05) is 12.1 Å². The SMILES string of the molecule is CC(/C=C(/C)Nc1cccc(F)c1)=Nc1cccc(F)c1. The Morgan fingerprint density at radius 3 is 2.33 bits per heavy atom. The second kappa shape index (κ2) is 6.79. The number of aliphatic imine (C=N–C) groups is 1. The van der Waals surface area contributed by atoms with Crippen LogP contribution < -0.4 is 5.32 Å². The maximum atomic E-state index is 13.1. The fraction of sp³-hybridized carbons (Fsp3) is 0.118. The summed E-state index contributed by atoms with van der Waals surface area (Å²) in [4.78, 5) is 4.31. The lowest BCUT2D eigenvalue weighted by Crippen LogP contribution is -1.98. The molecule has 2 rings (SSSR count). The van der Waals surface area contributed by atoms with Crippen LogP contribution in [0.2, 0.25) is 0 Å². The summed E-state index contributed by atoms with van der Waals surface area (Å²) in [5, 5.41) is 3.08. The van der Waals surface area contributed by atoms with Gasteiger partial charge in [0, 0.05) is 17.1 Å². The van der Waals surface area contributed by atoms with Crippen LogP contribution in [0.3, 0.4) is 0 Å². The summed E-state index contributed by atoms with van der Waals surface area (Å²) in [5.41, 5.74) is 2.77. The predicted molar refractivity (Wildman–Crippen MR) is 82.9 cm³/mol. The molecule has 0 bridgehead atoms. The highest BCUT2D eigenvalue weighted by Gasteiger charge is 1.97. The highest BCUT2D eigenvalue weighted by Crippen LogP contribution is 2.15. The first-order valence-electron chi connectivity index (χ1n) is 6.55. The molecule has 0 atom stereocenters. The summed E-state index contributed by atoms with van der Waals surface area (Å²) in [6, 6.07) is 12.3. The molecule has 0 aliphatic heterocycles. The molecule has 108 valence electrons. The van der Waals surface area contributed by atoms with Crippen molar-refractivity contribution in [2.45, 2.75) is 13.8 Å². The highest BCUT2D eigenvalue weighted by atomic mass is 19.1. The Hall–Kier alpha value is -2.49. The van der Waals surface area contributed by atoms with E-state index >= 15 is 0 Å². The molecule has 0 amide bonds. The van der Waals surface area contributed by atoms with Crippen molar-refractivity contribution in [2.75, 3.05) is 5.32 Å². The van der Waals surface area contributed by atoms with E-state index in [1.54, 1.807) is 24.3 Å². The number of allylic oxidation sites excluding steroid dienone is 2. The van der Waals surface area contributed by atoms with Gasteiger partial charge in [0.25, 0.3) is 0 Å². The van der Waals surface area contributed by atoms with Gasteiger partial charge < -0.3 is 5.32 Å². The molecule has 4 heteroatoms. The standard InChI is InChI=1S/C17H16F2N2/c1-12(20-16-7-3-5-14(18)10-16)9-13(2)21-17-8-4-6-15(19)11-17/h3-11,20H,1-2H3/b12-9-,21-13?. The van der Waals surface area contributed by atoms with E-state index in [4.69, 9.17) is 0 Å². The fourth-order valence-corrected chi connectivity index (χ4v) is 1.92. The summed E-state index contributed by atoms with van der Waals surface area (Å²) in [6.45, 7) is 3.68. The summed E-state index contributed by atoms with van der Waals surface area (Å²) < 4.78 is 26.2. The van der Waals surface area contributed by atoms with E-state index < -0.39 is 0 Å². The van der Waals surface area contributed by atoms with Crippen LogP contribution in [-0.4, -0.2) is 5.71 Å². The minimum atomic E-state index is -0.317. The molecule has 21 heavy (non-hydrogen) atoms. The number of rotatable bonds is 4. The van der Waals surface area contributed by atoms with E-state index in [1.165, 1.54) is 24.3 Å². The third kappa shape index (κ3) is 4.84. The summed E-state index contributed by atoms with van der Waals surface area (Å²) >= 11 is 0. The van der Waals surface area contributed by atoms with Crippen LogP contribution in [0.5, 0.6) is 0 Å². The number of halogens is 2. The molecular weight excluding hydrogens is 270 g/mol. The molecule has 1 N–H and O–H groups in total. The molecule has 0 aliphatic rings. The normalized spacial score (nSPS) is 12.4. The number of hydrogen-bond acceptors (Lipinski definition) is 2. The van der Waals surface area contributed by atoms with E-state index in [1.807, 2.05) is 19.9 Å². The molecular formula is C17H16F2N2. The van der Waals surface area contributed by atoms with Crippen LogP contribution in [0.25, 0.3) is 0 Å².